The molecule has 1 aliphatic heterocycles. The molecule has 1 fully saturated rings. The molecule has 2 N–H and O–H groups in total. The smallest absolute Gasteiger partial charge is 0.325 e. The summed E-state index contributed by atoms with van der Waals surface area (Å²) >= 11 is 1.61. The lowest BCUT2D eigenvalue weighted by molar-refractivity contribution is -0.135. The molecule has 2 unspecified atom stereocenters. The van der Waals surface area contributed by atoms with Crippen LogP contribution in [-0.2, 0) is 21.5 Å². The Morgan fingerprint density at radius 2 is 2.17 bits per heavy atom. The monoisotopic (exact) mass is 349 g/mol. The van der Waals surface area contributed by atoms with E-state index in [2.05, 4.69) is 10.6 Å². The minimum absolute atomic E-state index is 0.00890. The Morgan fingerprint density at radius 3 is 2.88 bits per heavy atom. The zero-order valence-electron chi connectivity index (χ0n) is 14.2. The van der Waals surface area contributed by atoms with E-state index < -0.39 is 11.6 Å². The predicted octanol–water partition coefficient (Wildman–Crippen LogP) is 1.99. The van der Waals surface area contributed by atoms with Gasteiger partial charge < -0.3 is 10.6 Å². The van der Waals surface area contributed by atoms with Gasteiger partial charge in [0.1, 0.15) is 12.1 Å². The lowest BCUT2D eigenvalue weighted by Crippen LogP contribution is -2.47. The van der Waals surface area contributed by atoms with Crippen LogP contribution in [0.2, 0.25) is 0 Å². The summed E-state index contributed by atoms with van der Waals surface area (Å²) in [6.07, 6.45) is 2.37. The van der Waals surface area contributed by atoms with E-state index >= 15 is 0 Å². The number of nitrogens with zero attached hydrogens (tertiary/aromatic N) is 1. The lowest BCUT2D eigenvalue weighted by Gasteiger charge is -2.31. The van der Waals surface area contributed by atoms with Crippen LogP contribution < -0.4 is 10.6 Å². The number of aryl methyl sites for hydroxylation is 1. The molecular weight excluding hydrogens is 326 g/mol. The van der Waals surface area contributed by atoms with E-state index in [1.54, 1.807) is 11.3 Å². The van der Waals surface area contributed by atoms with Gasteiger partial charge in [-0.3, -0.25) is 14.5 Å². The molecule has 1 aliphatic carbocycles. The van der Waals surface area contributed by atoms with Gasteiger partial charge in [0, 0.05) is 16.5 Å². The van der Waals surface area contributed by atoms with Crippen molar-refractivity contribution < 1.29 is 14.4 Å². The number of amides is 4. The molecule has 130 valence electrons. The van der Waals surface area contributed by atoms with E-state index in [-0.39, 0.29) is 30.3 Å². The van der Waals surface area contributed by atoms with Gasteiger partial charge in [0.05, 0.1) is 0 Å². The first-order valence-corrected chi connectivity index (χ1v) is 9.23. The summed E-state index contributed by atoms with van der Waals surface area (Å²) in [6, 6.07) is 1.43. The van der Waals surface area contributed by atoms with Crippen molar-refractivity contribution in [2.45, 2.75) is 51.6 Å². The summed E-state index contributed by atoms with van der Waals surface area (Å²) in [5.74, 6) is -0.326. The van der Waals surface area contributed by atoms with Crippen molar-refractivity contribution in [3.8, 4) is 0 Å². The molecule has 2 aliphatic rings. The highest BCUT2D eigenvalue weighted by Gasteiger charge is 2.54. The molecule has 6 nitrogen and oxygen atoms in total. The van der Waals surface area contributed by atoms with Crippen LogP contribution in [0.3, 0.4) is 0 Å². The number of hydrogen-bond acceptors (Lipinski definition) is 4. The fraction of sp³-hybridized carbons (Fsp3) is 0.588. The highest BCUT2D eigenvalue weighted by molar-refractivity contribution is 7.10. The lowest BCUT2D eigenvalue weighted by atomic mass is 9.80. The second-order valence-corrected chi connectivity index (χ2v) is 7.94. The largest absolute Gasteiger partial charge is 0.352 e. The van der Waals surface area contributed by atoms with Crippen LogP contribution in [-0.4, -0.2) is 35.3 Å². The van der Waals surface area contributed by atoms with Crippen molar-refractivity contribution in [3.05, 3.63) is 21.9 Å². The zero-order chi connectivity index (χ0) is 17.5. The summed E-state index contributed by atoms with van der Waals surface area (Å²) in [4.78, 5) is 39.7. The molecule has 24 heavy (non-hydrogen) atoms. The molecule has 7 heteroatoms. The highest BCUT2D eigenvalue weighted by atomic mass is 32.1. The fourth-order valence-corrected chi connectivity index (χ4v) is 4.29. The maximum absolute atomic E-state index is 13.0. The molecule has 0 radical (unpaired) electrons. The number of imide groups is 1. The molecule has 0 bridgehead atoms. The topological polar surface area (TPSA) is 78.5 Å². The molecule has 0 saturated carbocycles. The minimum Gasteiger partial charge on any atom is -0.352 e. The second-order valence-electron chi connectivity index (χ2n) is 6.94. The van der Waals surface area contributed by atoms with Gasteiger partial charge in [0.25, 0.3) is 5.91 Å². The molecule has 1 aromatic heterocycles. The van der Waals surface area contributed by atoms with Gasteiger partial charge in [-0.1, -0.05) is 13.8 Å². The van der Waals surface area contributed by atoms with Crippen molar-refractivity contribution in [1.82, 2.24) is 15.5 Å². The van der Waals surface area contributed by atoms with Crippen molar-refractivity contribution in [2.75, 3.05) is 6.54 Å². The van der Waals surface area contributed by atoms with Gasteiger partial charge in [-0.2, -0.15) is 0 Å². The maximum atomic E-state index is 13.0. The SMILES string of the molecule is CC(C)C(C)NC(=O)CN1C(=O)NC2(CCCc3sccc32)C1=O. The Hall–Kier alpha value is -1.89. The van der Waals surface area contributed by atoms with Gasteiger partial charge in [-0.25, -0.2) is 4.79 Å². The van der Waals surface area contributed by atoms with Crippen molar-refractivity contribution in [1.29, 1.82) is 0 Å². The van der Waals surface area contributed by atoms with E-state index in [1.165, 1.54) is 0 Å². The first kappa shape index (κ1) is 17.0. The van der Waals surface area contributed by atoms with Crippen LogP contribution in [0.15, 0.2) is 11.4 Å². The molecule has 1 spiro atoms. The number of urea groups is 1. The molecule has 3 rings (SSSR count). The molecule has 2 heterocycles. The van der Waals surface area contributed by atoms with Crippen molar-refractivity contribution >= 4 is 29.2 Å². The summed E-state index contributed by atoms with van der Waals surface area (Å²) in [6.45, 7) is 5.69. The standard InChI is InChI=1S/C17H23N3O3S/c1-10(2)11(3)18-14(21)9-20-15(22)17(19-16(20)23)7-4-5-13-12(17)6-8-24-13/h6,8,10-11H,4-5,7,9H2,1-3H3,(H,18,21)(H,19,23). The predicted molar refractivity (Wildman–Crippen MR) is 91.6 cm³/mol. The number of nitrogens with one attached hydrogen (secondary N) is 2. The van der Waals surface area contributed by atoms with Crippen LogP contribution >= 0.6 is 11.3 Å². The average molecular weight is 349 g/mol. The minimum atomic E-state index is -0.978. The number of thiophene rings is 1. The van der Waals surface area contributed by atoms with Gasteiger partial charge in [-0.05, 0) is 43.6 Å². The first-order chi connectivity index (χ1) is 11.3. The van der Waals surface area contributed by atoms with E-state index in [4.69, 9.17) is 0 Å². The van der Waals surface area contributed by atoms with Crippen LogP contribution in [0.4, 0.5) is 4.79 Å². The second kappa shape index (κ2) is 6.20. The Bertz CT molecular complexity index is 684. The maximum Gasteiger partial charge on any atom is 0.325 e. The molecule has 0 aromatic carbocycles. The van der Waals surface area contributed by atoms with E-state index in [9.17, 15) is 14.4 Å². The molecule has 1 aromatic rings. The summed E-state index contributed by atoms with van der Waals surface area (Å²) < 4.78 is 0. The Balaban J connectivity index is 1.78. The van der Waals surface area contributed by atoms with Gasteiger partial charge in [0.15, 0.2) is 0 Å². The summed E-state index contributed by atoms with van der Waals surface area (Å²) in [7, 11) is 0. The fourth-order valence-electron chi connectivity index (χ4n) is 3.29. The third kappa shape index (κ3) is 2.70. The van der Waals surface area contributed by atoms with Crippen LogP contribution in [0.5, 0.6) is 0 Å². The van der Waals surface area contributed by atoms with Crippen molar-refractivity contribution in [2.24, 2.45) is 5.92 Å². The Morgan fingerprint density at radius 1 is 1.42 bits per heavy atom. The van der Waals surface area contributed by atoms with Crippen LogP contribution in [0.25, 0.3) is 0 Å². The quantitative estimate of drug-likeness (QED) is 0.816. The molecule has 2 atom stereocenters. The normalized spacial score (nSPS) is 24.2. The first-order valence-electron chi connectivity index (χ1n) is 8.35. The average Bonchev–Trinajstić information content (AvgIpc) is 3.08. The third-order valence-corrected chi connectivity index (χ3v) is 6.01. The van der Waals surface area contributed by atoms with Crippen LogP contribution in [0, 0.1) is 5.92 Å². The number of carbonyl (C=O) groups excluding carboxylic acids is 3. The van der Waals surface area contributed by atoms with Crippen molar-refractivity contribution in [3.63, 3.8) is 0 Å². The van der Waals surface area contributed by atoms with Gasteiger partial charge >= 0.3 is 6.03 Å². The summed E-state index contributed by atoms with van der Waals surface area (Å²) in [5.41, 5.74) is -0.0789. The van der Waals surface area contributed by atoms with E-state index in [0.29, 0.717) is 6.42 Å². The zero-order valence-corrected chi connectivity index (χ0v) is 15.0. The number of hydrogen-bond donors (Lipinski definition) is 2. The number of rotatable bonds is 4. The molecule has 1 saturated heterocycles. The molecular formula is C17H23N3O3S. The number of fused-ring (bicyclic) bond motifs is 2. The highest BCUT2D eigenvalue weighted by Crippen LogP contribution is 2.41. The van der Waals surface area contributed by atoms with E-state index in [0.717, 1.165) is 28.2 Å². The Kier molecular flexibility index (Phi) is 4.38. The molecule has 4 amide bonds. The van der Waals surface area contributed by atoms with Crippen LogP contribution in [0.1, 0.15) is 44.1 Å². The van der Waals surface area contributed by atoms with E-state index in [1.807, 2.05) is 32.2 Å². The van der Waals surface area contributed by atoms with Gasteiger partial charge in [-0.15, -0.1) is 11.3 Å². The third-order valence-electron chi connectivity index (χ3n) is 5.03. The summed E-state index contributed by atoms with van der Waals surface area (Å²) in [5, 5.41) is 7.65. The number of carbonyl (C=O) groups is 3. The van der Waals surface area contributed by atoms with Gasteiger partial charge in [0.2, 0.25) is 5.91 Å². The Labute approximate surface area is 145 Å².